The Morgan fingerprint density at radius 3 is 2.57 bits per heavy atom. The van der Waals surface area contributed by atoms with Gasteiger partial charge in [-0.1, -0.05) is 32.0 Å². The molecule has 0 saturated carbocycles. The maximum Gasteiger partial charge on any atom is 0.149 e. The zero-order valence-corrected chi connectivity index (χ0v) is 9.22. The SMILES string of the molecule is CC(C)Sc1ccccc1C(F)CO. The lowest BCUT2D eigenvalue weighted by Crippen LogP contribution is -2.00. The summed E-state index contributed by atoms with van der Waals surface area (Å²) in [5.74, 6) is 0. The molecule has 1 unspecified atom stereocenters. The molecule has 3 heteroatoms. The van der Waals surface area contributed by atoms with Gasteiger partial charge in [0.1, 0.15) is 6.17 Å². The zero-order chi connectivity index (χ0) is 10.6. The van der Waals surface area contributed by atoms with Gasteiger partial charge in [0.05, 0.1) is 6.61 Å². The third kappa shape index (κ3) is 3.00. The fraction of sp³-hybridized carbons (Fsp3) is 0.455. The summed E-state index contributed by atoms with van der Waals surface area (Å²) in [7, 11) is 0. The van der Waals surface area contributed by atoms with Crippen molar-refractivity contribution in [3.05, 3.63) is 29.8 Å². The molecular formula is C11H15FOS. The predicted octanol–water partition coefficient (Wildman–Crippen LogP) is 3.19. The normalized spacial score (nSPS) is 13.2. The second-order valence-corrected chi connectivity index (χ2v) is 4.97. The van der Waals surface area contributed by atoms with Crippen molar-refractivity contribution in [2.75, 3.05) is 6.61 Å². The Hall–Kier alpha value is -0.540. The first-order valence-corrected chi connectivity index (χ1v) is 5.53. The monoisotopic (exact) mass is 214 g/mol. The highest BCUT2D eigenvalue weighted by atomic mass is 32.2. The van der Waals surface area contributed by atoms with Crippen LogP contribution in [0.4, 0.5) is 4.39 Å². The molecule has 0 radical (unpaired) electrons. The number of benzene rings is 1. The van der Waals surface area contributed by atoms with Gasteiger partial charge in [-0.3, -0.25) is 0 Å². The summed E-state index contributed by atoms with van der Waals surface area (Å²) in [6.45, 7) is 3.68. The number of halogens is 1. The summed E-state index contributed by atoms with van der Waals surface area (Å²) in [6.07, 6.45) is -1.27. The summed E-state index contributed by atoms with van der Waals surface area (Å²) < 4.78 is 13.3. The van der Waals surface area contributed by atoms with Gasteiger partial charge < -0.3 is 5.11 Å². The molecule has 78 valence electrons. The molecule has 0 spiro atoms. The zero-order valence-electron chi connectivity index (χ0n) is 8.40. The van der Waals surface area contributed by atoms with Gasteiger partial charge in [0, 0.05) is 15.7 Å². The van der Waals surface area contributed by atoms with Crippen LogP contribution in [0.1, 0.15) is 25.6 Å². The van der Waals surface area contributed by atoms with Crippen LogP contribution in [0.3, 0.4) is 0 Å². The molecule has 0 amide bonds. The van der Waals surface area contributed by atoms with Gasteiger partial charge in [-0.15, -0.1) is 11.8 Å². The first-order chi connectivity index (χ1) is 6.65. The highest BCUT2D eigenvalue weighted by molar-refractivity contribution is 8.00. The summed E-state index contributed by atoms with van der Waals surface area (Å²) in [6, 6.07) is 7.30. The van der Waals surface area contributed by atoms with E-state index < -0.39 is 12.8 Å². The number of thioether (sulfide) groups is 1. The van der Waals surface area contributed by atoms with Crippen molar-refractivity contribution in [2.45, 2.75) is 30.2 Å². The van der Waals surface area contributed by atoms with Crippen LogP contribution in [0, 0.1) is 0 Å². The quantitative estimate of drug-likeness (QED) is 0.777. The molecule has 1 aromatic carbocycles. The van der Waals surface area contributed by atoms with Gasteiger partial charge in [0.2, 0.25) is 0 Å². The van der Waals surface area contributed by atoms with E-state index in [1.54, 1.807) is 23.9 Å². The summed E-state index contributed by atoms with van der Waals surface area (Å²) in [4.78, 5) is 0.920. The average molecular weight is 214 g/mol. The van der Waals surface area contributed by atoms with E-state index in [1.165, 1.54) is 0 Å². The van der Waals surface area contributed by atoms with E-state index in [0.29, 0.717) is 10.8 Å². The minimum atomic E-state index is -1.27. The van der Waals surface area contributed by atoms with Crippen LogP contribution in [0.25, 0.3) is 0 Å². The third-order valence-corrected chi connectivity index (χ3v) is 2.88. The van der Waals surface area contributed by atoms with Crippen LogP contribution < -0.4 is 0 Å². The lowest BCUT2D eigenvalue weighted by atomic mass is 10.1. The lowest BCUT2D eigenvalue weighted by Gasteiger charge is -2.12. The van der Waals surface area contributed by atoms with Crippen LogP contribution in [0.5, 0.6) is 0 Å². The van der Waals surface area contributed by atoms with Crippen molar-refractivity contribution in [1.82, 2.24) is 0 Å². The smallest absolute Gasteiger partial charge is 0.149 e. The molecule has 1 nitrogen and oxygen atoms in total. The number of aliphatic hydroxyl groups excluding tert-OH is 1. The molecule has 14 heavy (non-hydrogen) atoms. The molecule has 0 aromatic heterocycles. The molecular weight excluding hydrogens is 199 g/mol. The van der Waals surface area contributed by atoms with Gasteiger partial charge >= 0.3 is 0 Å². The predicted molar refractivity (Wildman–Crippen MR) is 58.4 cm³/mol. The van der Waals surface area contributed by atoms with Crippen molar-refractivity contribution < 1.29 is 9.50 Å². The maximum atomic E-state index is 13.3. The van der Waals surface area contributed by atoms with Gasteiger partial charge in [-0.05, 0) is 6.07 Å². The molecule has 1 aromatic rings. The average Bonchev–Trinajstić information content (AvgIpc) is 2.16. The van der Waals surface area contributed by atoms with Gasteiger partial charge in [0.15, 0.2) is 0 Å². The fourth-order valence-electron chi connectivity index (χ4n) is 1.20. The molecule has 0 fully saturated rings. The second kappa shape index (κ2) is 5.37. The number of rotatable bonds is 4. The van der Waals surface area contributed by atoms with Crippen LogP contribution in [0.15, 0.2) is 29.2 Å². The van der Waals surface area contributed by atoms with Crippen molar-refractivity contribution in [2.24, 2.45) is 0 Å². The van der Waals surface area contributed by atoms with E-state index in [2.05, 4.69) is 13.8 Å². The molecule has 1 rings (SSSR count). The van der Waals surface area contributed by atoms with Crippen LogP contribution >= 0.6 is 11.8 Å². The first-order valence-electron chi connectivity index (χ1n) is 4.65. The lowest BCUT2D eigenvalue weighted by molar-refractivity contribution is 0.178. The highest BCUT2D eigenvalue weighted by Crippen LogP contribution is 2.31. The Morgan fingerprint density at radius 1 is 1.36 bits per heavy atom. The minimum absolute atomic E-state index is 0.419. The summed E-state index contributed by atoms with van der Waals surface area (Å²) in [5.41, 5.74) is 0.591. The Labute approximate surface area is 88.3 Å². The van der Waals surface area contributed by atoms with Gasteiger partial charge in [-0.25, -0.2) is 4.39 Å². The molecule has 0 aliphatic rings. The summed E-state index contributed by atoms with van der Waals surface area (Å²) >= 11 is 1.62. The van der Waals surface area contributed by atoms with Crippen LogP contribution in [-0.2, 0) is 0 Å². The standard InChI is InChI=1S/C11H15FOS/c1-8(2)14-11-6-4-3-5-9(11)10(12)7-13/h3-6,8,10,13H,7H2,1-2H3. The van der Waals surface area contributed by atoms with Crippen molar-refractivity contribution in [3.8, 4) is 0 Å². The number of hydrogen-bond donors (Lipinski definition) is 1. The Bertz CT molecular complexity index is 288. The molecule has 0 saturated heterocycles. The maximum absolute atomic E-state index is 13.3. The number of aliphatic hydroxyl groups is 1. The van der Waals surface area contributed by atoms with Crippen molar-refractivity contribution in [1.29, 1.82) is 0 Å². The molecule has 0 aliphatic heterocycles. The van der Waals surface area contributed by atoms with E-state index >= 15 is 0 Å². The van der Waals surface area contributed by atoms with E-state index in [9.17, 15) is 4.39 Å². The molecule has 1 atom stereocenters. The van der Waals surface area contributed by atoms with Crippen molar-refractivity contribution >= 4 is 11.8 Å². The molecule has 0 bridgehead atoms. The van der Waals surface area contributed by atoms with Crippen LogP contribution in [-0.4, -0.2) is 17.0 Å². The Morgan fingerprint density at radius 2 is 2.00 bits per heavy atom. The van der Waals surface area contributed by atoms with Gasteiger partial charge in [0.25, 0.3) is 0 Å². The largest absolute Gasteiger partial charge is 0.393 e. The van der Waals surface area contributed by atoms with E-state index in [4.69, 9.17) is 5.11 Å². The fourth-order valence-corrected chi connectivity index (χ4v) is 2.20. The van der Waals surface area contributed by atoms with Gasteiger partial charge in [-0.2, -0.15) is 0 Å². The molecule has 0 aliphatic carbocycles. The Kier molecular flexibility index (Phi) is 4.42. The van der Waals surface area contributed by atoms with Crippen LogP contribution in [0.2, 0.25) is 0 Å². The number of alkyl halides is 1. The minimum Gasteiger partial charge on any atom is -0.393 e. The first kappa shape index (κ1) is 11.5. The second-order valence-electron chi connectivity index (χ2n) is 3.35. The Balaban J connectivity index is 2.91. The highest BCUT2D eigenvalue weighted by Gasteiger charge is 2.13. The number of hydrogen-bond acceptors (Lipinski definition) is 2. The third-order valence-electron chi connectivity index (χ3n) is 1.78. The molecule has 1 N–H and O–H groups in total. The van der Waals surface area contributed by atoms with Crippen molar-refractivity contribution in [3.63, 3.8) is 0 Å². The van der Waals surface area contributed by atoms with E-state index in [-0.39, 0.29) is 0 Å². The topological polar surface area (TPSA) is 20.2 Å². The van der Waals surface area contributed by atoms with E-state index in [0.717, 1.165) is 4.90 Å². The molecule has 0 heterocycles. The summed E-state index contributed by atoms with van der Waals surface area (Å²) in [5, 5.41) is 9.18. The van der Waals surface area contributed by atoms with E-state index in [1.807, 2.05) is 12.1 Å².